The smallest absolute Gasteiger partial charge is 0.407 e. The van der Waals surface area contributed by atoms with E-state index >= 15 is 0 Å². The molecular formula is C17H32N2O3. The molecule has 0 bridgehead atoms. The van der Waals surface area contributed by atoms with Crippen molar-refractivity contribution in [2.24, 2.45) is 0 Å². The van der Waals surface area contributed by atoms with E-state index in [0.717, 1.165) is 13.0 Å². The molecule has 128 valence electrons. The van der Waals surface area contributed by atoms with E-state index in [0.29, 0.717) is 12.6 Å². The number of nitrogens with one attached hydrogen (secondary N) is 2. The van der Waals surface area contributed by atoms with E-state index in [1.165, 1.54) is 0 Å². The number of rotatable bonds is 5. The van der Waals surface area contributed by atoms with E-state index in [9.17, 15) is 4.79 Å². The summed E-state index contributed by atoms with van der Waals surface area (Å²) in [5, 5.41) is 6.19. The molecule has 1 heterocycles. The lowest BCUT2D eigenvalue weighted by Crippen LogP contribution is -2.43. The van der Waals surface area contributed by atoms with Crippen LogP contribution in [0, 0.1) is 0 Å². The number of carbonyl (C=O) groups is 1. The number of ether oxygens (including phenoxy) is 2. The molecule has 0 aliphatic carbocycles. The van der Waals surface area contributed by atoms with Gasteiger partial charge in [-0.2, -0.15) is 0 Å². The van der Waals surface area contributed by atoms with Gasteiger partial charge in [-0.05, 0) is 54.9 Å². The fraction of sp³-hybridized carbons (Fsp3) is 0.824. The van der Waals surface area contributed by atoms with Gasteiger partial charge in [0.1, 0.15) is 5.60 Å². The second-order valence-corrected chi connectivity index (χ2v) is 7.98. The first-order valence-corrected chi connectivity index (χ1v) is 7.97. The Morgan fingerprint density at radius 3 is 2.32 bits per heavy atom. The Morgan fingerprint density at radius 2 is 1.82 bits per heavy atom. The minimum absolute atomic E-state index is 0.0802. The molecule has 0 spiro atoms. The Balaban J connectivity index is 2.23. The molecule has 1 rings (SSSR count). The second kappa shape index (κ2) is 7.01. The number of carbonyl (C=O) groups excluding carboxylic acids is 1. The topological polar surface area (TPSA) is 59.6 Å². The van der Waals surface area contributed by atoms with Crippen LogP contribution in [0.25, 0.3) is 0 Å². The lowest BCUT2D eigenvalue weighted by molar-refractivity contribution is -0.0696. The number of hydrogen-bond acceptors (Lipinski definition) is 4. The highest BCUT2D eigenvalue weighted by molar-refractivity contribution is 5.67. The summed E-state index contributed by atoms with van der Waals surface area (Å²) in [4.78, 5) is 11.5. The van der Waals surface area contributed by atoms with Gasteiger partial charge in [-0.3, -0.25) is 0 Å². The Hall–Kier alpha value is -1.07. The van der Waals surface area contributed by atoms with Crippen molar-refractivity contribution in [1.82, 2.24) is 10.6 Å². The van der Waals surface area contributed by atoms with Gasteiger partial charge in [0.05, 0.1) is 11.2 Å². The van der Waals surface area contributed by atoms with Crippen LogP contribution in [-0.4, -0.2) is 42.0 Å². The van der Waals surface area contributed by atoms with Crippen LogP contribution in [-0.2, 0) is 9.47 Å². The molecule has 5 nitrogen and oxygen atoms in total. The maximum atomic E-state index is 11.5. The third-order valence-corrected chi connectivity index (χ3v) is 3.49. The fourth-order valence-electron chi connectivity index (χ4n) is 2.71. The van der Waals surface area contributed by atoms with E-state index in [1.54, 1.807) is 0 Å². The lowest BCUT2D eigenvalue weighted by atomic mass is 9.94. The summed E-state index contributed by atoms with van der Waals surface area (Å²) in [5.74, 6) is 0. The Morgan fingerprint density at radius 1 is 1.23 bits per heavy atom. The third-order valence-electron chi connectivity index (χ3n) is 3.49. The number of amides is 1. The summed E-state index contributed by atoms with van der Waals surface area (Å²) in [5.41, 5.74) is -0.703. The molecule has 0 aromatic rings. The molecule has 1 aliphatic rings. The van der Waals surface area contributed by atoms with E-state index in [-0.39, 0.29) is 11.2 Å². The van der Waals surface area contributed by atoms with Crippen molar-refractivity contribution in [3.8, 4) is 0 Å². The molecule has 1 saturated heterocycles. The molecule has 1 atom stereocenters. The summed E-state index contributed by atoms with van der Waals surface area (Å²) in [6, 6.07) is 0.325. The summed E-state index contributed by atoms with van der Waals surface area (Å²) in [7, 11) is 0. The van der Waals surface area contributed by atoms with Crippen LogP contribution in [0.5, 0.6) is 0 Å². The molecule has 1 amide bonds. The summed E-state index contributed by atoms with van der Waals surface area (Å²) in [6.07, 6.45) is 4.53. The molecule has 5 heteroatoms. The molecule has 2 N–H and O–H groups in total. The Bertz CT molecular complexity index is 409. The van der Waals surface area contributed by atoms with E-state index in [4.69, 9.17) is 9.47 Å². The summed E-state index contributed by atoms with van der Waals surface area (Å²) in [6.45, 7) is 15.2. The summed E-state index contributed by atoms with van der Waals surface area (Å²) >= 11 is 0. The predicted octanol–water partition coefficient (Wildman–Crippen LogP) is 3.00. The van der Waals surface area contributed by atoms with E-state index in [2.05, 4.69) is 38.3 Å². The van der Waals surface area contributed by atoms with Crippen LogP contribution in [0.1, 0.15) is 54.9 Å². The van der Waals surface area contributed by atoms with Crippen LogP contribution < -0.4 is 10.6 Å². The predicted molar refractivity (Wildman–Crippen MR) is 89.0 cm³/mol. The van der Waals surface area contributed by atoms with Crippen LogP contribution in [0.15, 0.2) is 12.2 Å². The van der Waals surface area contributed by atoms with Crippen LogP contribution in [0.4, 0.5) is 4.79 Å². The molecule has 22 heavy (non-hydrogen) atoms. The van der Waals surface area contributed by atoms with Crippen molar-refractivity contribution in [2.75, 3.05) is 13.1 Å². The standard InChI is InChI=1S/C17H32N2O3/c1-15(2,3)21-14(20)19-11-9-8-10-18-13-12-16(4,5)22-17(13,6)7/h8-9,13,18H,10-12H2,1-7H3,(H,19,20)/b9-8+. The van der Waals surface area contributed by atoms with Crippen molar-refractivity contribution in [3.05, 3.63) is 12.2 Å². The van der Waals surface area contributed by atoms with Gasteiger partial charge in [0.25, 0.3) is 0 Å². The van der Waals surface area contributed by atoms with E-state index < -0.39 is 11.7 Å². The van der Waals surface area contributed by atoms with Crippen molar-refractivity contribution < 1.29 is 14.3 Å². The highest BCUT2D eigenvalue weighted by Crippen LogP contribution is 2.37. The van der Waals surface area contributed by atoms with Crippen molar-refractivity contribution in [1.29, 1.82) is 0 Å². The molecular weight excluding hydrogens is 280 g/mol. The molecule has 1 aliphatic heterocycles. The lowest BCUT2D eigenvalue weighted by Gasteiger charge is -2.27. The highest BCUT2D eigenvalue weighted by Gasteiger charge is 2.45. The van der Waals surface area contributed by atoms with Gasteiger partial charge in [0.15, 0.2) is 0 Å². The normalized spacial score (nSPS) is 23.7. The van der Waals surface area contributed by atoms with Crippen LogP contribution >= 0.6 is 0 Å². The molecule has 0 aromatic carbocycles. The average molecular weight is 312 g/mol. The maximum absolute atomic E-state index is 11.5. The maximum Gasteiger partial charge on any atom is 0.407 e. The van der Waals surface area contributed by atoms with Gasteiger partial charge in [-0.15, -0.1) is 0 Å². The fourth-order valence-corrected chi connectivity index (χ4v) is 2.71. The highest BCUT2D eigenvalue weighted by atomic mass is 16.6. The zero-order valence-electron chi connectivity index (χ0n) is 15.1. The number of alkyl carbamates (subject to hydrolysis) is 1. The zero-order chi connectivity index (χ0) is 17.0. The van der Waals surface area contributed by atoms with Gasteiger partial charge in [0.2, 0.25) is 0 Å². The molecule has 0 radical (unpaired) electrons. The van der Waals surface area contributed by atoms with Gasteiger partial charge in [-0.1, -0.05) is 12.2 Å². The number of hydrogen-bond donors (Lipinski definition) is 2. The minimum atomic E-state index is -0.462. The third kappa shape index (κ3) is 6.79. The first-order chi connectivity index (χ1) is 9.91. The quantitative estimate of drug-likeness (QED) is 0.766. The van der Waals surface area contributed by atoms with Crippen LogP contribution in [0.3, 0.4) is 0 Å². The summed E-state index contributed by atoms with van der Waals surface area (Å²) < 4.78 is 11.2. The van der Waals surface area contributed by atoms with Crippen LogP contribution in [0.2, 0.25) is 0 Å². The molecule has 0 saturated carbocycles. The van der Waals surface area contributed by atoms with Gasteiger partial charge in [-0.25, -0.2) is 4.79 Å². The first-order valence-electron chi connectivity index (χ1n) is 7.97. The molecule has 1 fully saturated rings. The Kier molecular flexibility index (Phi) is 6.04. The minimum Gasteiger partial charge on any atom is -0.444 e. The van der Waals surface area contributed by atoms with Gasteiger partial charge in [0, 0.05) is 19.1 Å². The zero-order valence-corrected chi connectivity index (χ0v) is 15.1. The average Bonchev–Trinajstić information content (AvgIpc) is 2.48. The van der Waals surface area contributed by atoms with Gasteiger partial charge < -0.3 is 20.1 Å². The largest absolute Gasteiger partial charge is 0.444 e. The molecule has 1 unspecified atom stereocenters. The van der Waals surface area contributed by atoms with Crippen molar-refractivity contribution >= 4 is 6.09 Å². The first kappa shape index (κ1) is 19.0. The molecule has 0 aromatic heterocycles. The monoisotopic (exact) mass is 312 g/mol. The van der Waals surface area contributed by atoms with Gasteiger partial charge >= 0.3 is 6.09 Å². The Labute approximate surface area is 134 Å². The SMILES string of the molecule is CC(C)(C)OC(=O)NC/C=C/CNC1CC(C)(C)OC1(C)C. The second-order valence-electron chi connectivity index (χ2n) is 7.98. The van der Waals surface area contributed by atoms with E-state index in [1.807, 2.05) is 32.9 Å². The van der Waals surface area contributed by atoms with Crippen molar-refractivity contribution in [3.63, 3.8) is 0 Å². The van der Waals surface area contributed by atoms with Crippen molar-refractivity contribution in [2.45, 2.75) is 77.7 Å².